The lowest BCUT2D eigenvalue weighted by molar-refractivity contribution is 0.320. The van der Waals surface area contributed by atoms with E-state index in [1.54, 1.807) is 12.1 Å². The first-order valence-electron chi connectivity index (χ1n) is 6.57. The van der Waals surface area contributed by atoms with Crippen LogP contribution in [0.25, 0.3) is 0 Å². The van der Waals surface area contributed by atoms with Crippen molar-refractivity contribution < 1.29 is 22.6 Å². The summed E-state index contributed by atoms with van der Waals surface area (Å²) in [5.41, 5.74) is 0.724. The van der Waals surface area contributed by atoms with E-state index in [1.807, 2.05) is 6.92 Å². The Hall–Kier alpha value is -1.47. The van der Waals surface area contributed by atoms with Crippen LogP contribution >= 0.6 is 0 Å². The molecule has 0 aliphatic rings. The number of methoxy groups -OCH3 is 3. The van der Waals surface area contributed by atoms with Gasteiger partial charge in [0.15, 0.2) is 11.5 Å². The molecule has 0 saturated carbocycles. The third-order valence-electron chi connectivity index (χ3n) is 3.03. The van der Waals surface area contributed by atoms with Crippen LogP contribution in [0.3, 0.4) is 0 Å². The highest BCUT2D eigenvalue weighted by atomic mass is 32.2. The Labute approximate surface area is 126 Å². The summed E-state index contributed by atoms with van der Waals surface area (Å²) in [5, 5.41) is 3.16. The van der Waals surface area contributed by atoms with Crippen LogP contribution < -0.4 is 19.5 Å². The quantitative estimate of drug-likeness (QED) is 0.781. The Kier molecular flexibility index (Phi) is 6.29. The van der Waals surface area contributed by atoms with Crippen molar-refractivity contribution in [3.05, 3.63) is 17.7 Å². The van der Waals surface area contributed by atoms with Gasteiger partial charge in [-0.25, -0.2) is 8.42 Å². The van der Waals surface area contributed by atoms with Gasteiger partial charge in [-0.15, -0.1) is 0 Å². The van der Waals surface area contributed by atoms with Crippen LogP contribution in [0.2, 0.25) is 0 Å². The van der Waals surface area contributed by atoms with Gasteiger partial charge in [-0.2, -0.15) is 0 Å². The third-order valence-corrected chi connectivity index (χ3v) is 3.97. The minimum Gasteiger partial charge on any atom is -0.493 e. The Morgan fingerprint density at radius 1 is 1.10 bits per heavy atom. The third kappa shape index (κ3) is 4.50. The van der Waals surface area contributed by atoms with Gasteiger partial charge in [-0.3, -0.25) is 0 Å². The van der Waals surface area contributed by atoms with E-state index in [1.165, 1.54) is 27.6 Å². The molecule has 1 atom stereocenters. The lowest BCUT2D eigenvalue weighted by atomic mass is 10.1. The molecule has 0 radical (unpaired) electrons. The maximum absolute atomic E-state index is 11.6. The van der Waals surface area contributed by atoms with Crippen LogP contribution in [0.15, 0.2) is 12.1 Å². The number of nitrogens with one attached hydrogen (secondary N) is 1. The van der Waals surface area contributed by atoms with Crippen LogP contribution in [0.4, 0.5) is 0 Å². The number of sulfone groups is 1. The van der Waals surface area contributed by atoms with Crippen LogP contribution in [0.1, 0.15) is 18.5 Å². The monoisotopic (exact) mass is 317 g/mol. The van der Waals surface area contributed by atoms with E-state index in [4.69, 9.17) is 14.2 Å². The fourth-order valence-electron chi connectivity index (χ4n) is 2.21. The summed E-state index contributed by atoms with van der Waals surface area (Å²) in [4.78, 5) is 0. The highest BCUT2D eigenvalue weighted by Crippen LogP contribution is 2.42. The second-order valence-electron chi connectivity index (χ2n) is 4.63. The maximum atomic E-state index is 11.6. The van der Waals surface area contributed by atoms with E-state index in [0.717, 1.165) is 5.56 Å². The van der Waals surface area contributed by atoms with Crippen molar-refractivity contribution in [1.82, 2.24) is 5.32 Å². The smallest absolute Gasteiger partial charge is 0.203 e. The van der Waals surface area contributed by atoms with Crippen LogP contribution in [-0.4, -0.2) is 48.3 Å². The van der Waals surface area contributed by atoms with Crippen molar-refractivity contribution in [2.24, 2.45) is 0 Å². The summed E-state index contributed by atoms with van der Waals surface area (Å²) in [5.74, 6) is 1.44. The zero-order valence-electron chi connectivity index (χ0n) is 13.1. The van der Waals surface area contributed by atoms with E-state index in [2.05, 4.69) is 5.32 Å². The van der Waals surface area contributed by atoms with Gasteiger partial charge in [-0.05, 0) is 18.7 Å². The molecule has 1 N–H and O–H groups in total. The Morgan fingerprint density at radius 3 is 2.14 bits per heavy atom. The minimum absolute atomic E-state index is 0.0211. The molecular weight excluding hydrogens is 294 g/mol. The van der Waals surface area contributed by atoms with E-state index in [0.29, 0.717) is 23.8 Å². The molecule has 0 aromatic heterocycles. The highest BCUT2D eigenvalue weighted by Gasteiger charge is 2.24. The molecule has 0 spiro atoms. The zero-order chi connectivity index (χ0) is 16.0. The van der Waals surface area contributed by atoms with Crippen molar-refractivity contribution >= 4 is 9.84 Å². The number of hydrogen-bond acceptors (Lipinski definition) is 6. The van der Waals surface area contributed by atoms with Gasteiger partial charge in [-0.1, -0.05) is 6.92 Å². The molecular formula is C14H23NO5S. The van der Waals surface area contributed by atoms with Crippen molar-refractivity contribution in [2.75, 3.05) is 39.9 Å². The summed E-state index contributed by atoms with van der Waals surface area (Å²) >= 11 is 0. The van der Waals surface area contributed by atoms with Crippen LogP contribution in [-0.2, 0) is 9.84 Å². The first-order chi connectivity index (χ1) is 9.87. The lowest BCUT2D eigenvalue weighted by Crippen LogP contribution is -2.28. The van der Waals surface area contributed by atoms with Crippen molar-refractivity contribution in [3.8, 4) is 17.2 Å². The molecule has 0 amide bonds. The Bertz CT molecular complexity index is 571. The average Bonchev–Trinajstić information content (AvgIpc) is 2.43. The predicted octanol–water partition coefficient (Wildman–Crippen LogP) is 1.41. The number of rotatable bonds is 8. The lowest BCUT2D eigenvalue weighted by Gasteiger charge is -2.22. The molecule has 7 heteroatoms. The molecule has 1 rings (SSSR count). The van der Waals surface area contributed by atoms with E-state index in [9.17, 15) is 8.42 Å². The first kappa shape index (κ1) is 17.6. The molecule has 120 valence electrons. The summed E-state index contributed by atoms with van der Waals surface area (Å²) in [6.45, 7) is 2.56. The molecule has 21 heavy (non-hydrogen) atoms. The van der Waals surface area contributed by atoms with E-state index in [-0.39, 0.29) is 11.8 Å². The van der Waals surface area contributed by atoms with Gasteiger partial charge in [0, 0.05) is 17.9 Å². The van der Waals surface area contributed by atoms with Crippen molar-refractivity contribution in [1.29, 1.82) is 0 Å². The van der Waals surface area contributed by atoms with Crippen LogP contribution in [0, 0.1) is 0 Å². The van der Waals surface area contributed by atoms with Crippen molar-refractivity contribution in [3.63, 3.8) is 0 Å². The second-order valence-corrected chi connectivity index (χ2v) is 6.81. The summed E-state index contributed by atoms with van der Waals surface area (Å²) in [7, 11) is 1.43. The minimum atomic E-state index is -3.14. The summed E-state index contributed by atoms with van der Waals surface area (Å²) in [6, 6.07) is 3.15. The van der Waals surface area contributed by atoms with E-state index < -0.39 is 9.84 Å². The van der Waals surface area contributed by atoms with Gasteiger partial charge in [0.05, 0.1) is 27.1 Å². The Balaban J connectivity index is 3.37. The molecule has 0 fully saturated rings. The fourth-order valence-corrected chi connectivity index (χ4v) is 3.11. The number of ether oxygens (including phenoxy) is 3. The highest BCUT2D eigenvalue weighted by molar-refractivity contribution is 7.90. The van der Waals surface area contributed by atoms with E-state index >= 15 is 0 Å². The summed E-state index contributed by atoms with van der Waals surface area (Å²) in [6.07, 6.45) is 1.21. The van der Waals surface area contributed by atoms with Gasteiger partial charge >= 0.3 is 0 Å². The molecule has 0 aliphatic carbocycles. The molecule has 6 nitrogen and oxygen atoms in total. The fraction of sp³-hybridized carbons (Fsp3) is 0.571. The number of benzene rings is 1. The molecule has 0 bridgehead atoms. The molecule has 1 aromatic carbocycles. The Morgan fingerprint density at radius 2 is 1.71 bits per heavy atom. The second kappa shape index (κ2) is 7.51. The van der Waals surface area contributed by atoms with Crippen LogP contribution in [0.5, 0.6) is 17.2 Å². The standard InChI is InChI=1S/C14H23NO5S/c1-6-15-11(9-21(5,16)17)10-7-8-12(18-2)14(20-4)13(10)19-3/h7-8,11,15H,6,9H2,1-5H3. The largest absolute Gasteiger partial charge is 0.493 e. The summed E-state index contributed by atoms with van der Waals surface area (Å²) < 4.78 is 39.2. The van der Waals surface area contributed by atoms with Gasteiger partial charge < -0.3 is 19.5 Å². The molecule has 0 saturated heterocycles. The SMILES string of the molecule is CCNC(CS(C)(=O)=O)c1ccc(OC)c(OC)c1OC. The molecule has 0 aliphatic heterocycles. The normalized spacial score (nSPS) is 12.8. The number of hydrogen-bond donors (Lipinski definition) is 1. The van der Waals surface area contributed by atoms with Crippen molar-refractivity contribution in [2.45, 2.75) is 13.0 Å². The van der Waals surface area contributed by atoms with Gasteiger partial charge in [0.1, 0.15) is 9.84 Å². The molecule has 0 heterocycles. The first-order valence-corrected chi connectivity index (χ1v) is 8.63. The maximum Gasteiger partial charge on any atom is 0.203 e. The topological polar surface area (TPSA) is 73.9 Å². The molecule has 1 aromatic rings. The van der Waals surface area contributed by atoms with Gasteiger partial charge in [0.25, 0.3) is 0 Å². The molecule has 1 unspecified atom stereocenters. The predicted molar refractivity (Wildman–Crippen MR) is 82.2 cm³/mol. The zero-order valence-corrected chi connectivity index (χ0v) is 13.9. The average molecular weight is 317 g/mol. The van der Waals surface area contributed by atoms with Gasteiger partial charge in [0.2, 0.25) is 5.75 Å².